The number of nitrogens with zero attached hydrogens (tertiary/aromatic N) is 1. The Morgan fingerprint density at radius 3 is 2.42 bits per heavy atom. The Morgan fingerprint density at radius 2 is 1.95 bits per heavy atom. The zero-order valence-corrected chi connectivity index (χ0v) is 12.6. The molecule has 0 aliphatic heterocycles. The molecule has 0 spiro atoms. The van der Waals surface area contributed by atoms with Crippen molar-refractivity contribution in [1.82, 2.24) is 0 Å². The lowest BCUT2D eigenvalue weighted by molar-refractivity contribution is -0.870. The Morgan fingerprint density at radius 1 is 1.37 bits per heavy atom. The summed E-state index contributed by atoms with van der Waals surface area (Å²) in [4.78, 5) is 20.8. The molecule has 0 aliphatic carbocycles. The van der Waals surface area contributed by atoms with Gasteiger partial charge in [-0.3, -0.25) is 9.42 Å². The Bertz CT molecular complexity index is 363. The van der Waals surface area contributed by atoms with Gasteiger partial charge in [0.1, 0.15) is 13.2 Å². The number of quaternary nitrogens is 1. The second kappa shape index (κ2) is 7.77. The van der Waals surface area contributed by atoms with Gasteiger partial charge in [-0.25, -0.2) is 9.36 Å². The second-order valence-corrected chi connectivity index (χ2v) is 6.50. The fourth-order valence-corrected chi connectivity index (χ4v) is 1.72. The van der Waals surface area contributed by atoms with Crippen molar-refractivity contribution in [2.45, 2.75) is 12.8 Å². The highest BCUT2D eigenvalue weighted by Crippen LogP contribution is 2.43. The summed E-state index contributed by atoms with van der Waals surface area (Å²) in [5.41, 5.74) is 0.0264. The molecule has 8 heteroatoms. The summed E-state index contributed by atoms with van der Waals surface area (Å²) in [7, 11) is 1.29. The Hall–Kier alpha value is -0.720. The standard InChI is InChI=1S/C11H22NO6P/c1-10(6-5-8-13)11(14)18-19(15,16)17-9-7-12(2,3)4/h13H,1,5-9H2,2-4H3/p+1. The number of likely N-dealkylation sites (N-methyl/N-ethyl adjacent to an activating group) is 1. The molecule has 0 saturated heterocycles. The van der Waals surface area contributed by atoms with E-state index in [9.17, 15) is 14.3 Å². The van der Waals surface area contributed by atoms with Crippen molar-refractivity contribution in [3.8, 4) is 0 Å². The van der Waals surface area contributed by atoms with Gasteiger partial charge in [0, 0.05) is 12.2 Å². The predicted octanol–water partition coefficient (Wildman–Crippen LogP) is 0.681. The third-order valence-corrected chi connectivity index (χ3v) is 3.05. The quantitative estimate of drug-likeness (QED) is 0.369. The van der Waals surface area contributed by atoms with Crippen molar-refractivity contribution in [2.24, 2.45) is 0 Å². The van der Waals surface area contributed by atoms with Gasteiger partial charge in [0.05, 0.1) is 21.1 Å². The van der Waals surface area contributed by atoms with Crippen LogP contribution in [0, 0.1) is 0 Å². The molecule has 0 amide bonds. The summed E-state index contributed by atoms with van der Waals surface area (Å²) >= 11 is 0. The molecule has 2 N–H and O–H groups in total. The van der Waals surface area contributed by atoms with Crippen molar-refractivity contribution < 1.29 is 32.9 Å². The summed E-state index contributed by atoms with van der Waals surface area (Å²) in [6.07, 6.45) is 0.542. The third-order valence-electron chi connectivity index (χ3n) is 2.14. The fraction of sp³-hybridized carbons (Fsp3) is 0.727. The van der Waals surface area contributed by atoms with Crippen LogP contribution in [0.25, 0.3) is 0 Å². The molecule has 112 valence electrons. The second-order valence-electron chi connectivity index (χ2n) is 5.13. The smallest absolute Gasteiger partial charge is 0.396 e. The van der Waals surface area contributed by atoms with Gasteiger partial charge >= 0.3 is 13.8 Å². The molecule has 0 saturated carbocycles. The maximum absolute atomic E-state index is 11.5. The first-order valence-electron chi connectivity index (χ1n) is 5.88. The Labute approximate surface area is 113 Å². The van der Waals surface area contributed by atoms with E-state index in [1.54, 1.807) is 0 Å². The van der Waals surface area contributed by atoms with Crippen LogP contribution in [0.4, 0.5) is 0 Å². The lowest BCUT2D eigenvalue weighted by atomic mass is 10.2. The molecule has 0 aliphatic rings. The molecule has 19 heavy (non-hydrogen) atoms. The lowest BCUT2D eigenvalue weighted by Gasteiger charge is -2.23. The number of aliphatic hydroxyl groups excluding tert-OH is 1. The van der Waals surface area contributed by atoms with Crippen molar-refractivity contribution in [1.29, 1.82) is 0 Å². The summed E-state index contributed by atoms with van der Waals surface area (Å²) in [6, 6.07) is 0. The van der Waals surface area contributed by atoms with E-state index in [2.05, 4.69) is 11.1 Å². The van der Waals surface area contributed by atoms with Crippen LogP contribution in [0.5, 0.6) is 0 Å². The van der Waals surface area contributed by atoms with Crippen LogP contribution in [-0.4, -0.2) is 61.4 Å². The molecule has 0 rings (SSSR count). The van der Waals surface area contributed by atoms with Gasteiger partial charge < -0.3 is 14.1 Å². The SMILES string of the molecule is C=C(CCCO)C(=O)OP(=O)(O)OCC[N+](C)(C)C. The van der Waals surface area contributed by atoms with Gasteiger partial charge in [-0.1, -0.05) is 6.58 Å². The van der Waals surface area contributed by atoms with E-state index < -0.39 is 13.8 Å². The minimum Gasteiger partial charge on any atom is -0.396 e. The van der Waals surface area contributed by atoms with E-state index in [-0.39, 0.29) is 25.2 Å². The van der Waals surface area contributed by atoms with Crippen molar-refractivity contribution in [3.05, 3.63) is 12.2 Å². The molecule has 0 fully saturated rings. The van der Waals surface area contributed by atoms with E-state index >= 15 is 0 Å². The van der Waals surface area contributed by atoms with E-state index in [1.807, 2.05) is 21.1 Å². The molecular formula is C11H23NO6P+. The highest BCUT2D eigenvalue weighted by atomic mass is 31.2. The predicted molar refractivity (Wildman–Crippen MR) is 70.2 cm³/mol. The van der Waals surface area contributed by atoms with Crippen LogP contribution >= 0.6 is 7.82 Å². The van der Waals surface area contributed by atoms with Gasteiger partial charge in [0.2, 0.25) is 0 Å². The molecule has 1 atom stereocenters. The Balaban J connectivity index is 4.18. The summed E-state index contributed by atoms with van der Waals surface area (Å²) < 4.78 is 21.1. The molecule has 0 radical (unpaired) electrons. The molecule has 0 heterocycles. The first-order valence-corrected chi connectivity index (χ1v) is 7.37. The molecule has 0 aromatic rings. The highest BCUT2D eigenvalue weighted by Gasteiger charge is 2.28. The minimum absolute atomic E-state index is 0.00628. The first-order chi connectivity index (χ1) is 8.57. The molecular weight excluding hydrogens is 273 g/mol. The van der Waals surface area contributed by atoms with Crippen molar-refractivity contribution in [3.63, 3.8) is 0 Å². The zero-order valence-electron chi connectivity index (χ0n) is 11.7. The number of hydrogen-bond donors (Lipinski definition) is 2. The van der Waals surface area contributed by atoms with Gasteiger partial charge in [-0.2, -0.15) is 0 Å². The van der Waals surface area contributed by atoms with Crippen LogP contribution < -0.4 is 0 Å². The molecule has 0 aromatic carbocycles. The number of carbonyl (C=O) groups excluding carboxylic acids is 1. The molecule has 0 aromatic heterocycles. The monoisotopic (exact) mass is 296 g/mol. The van der Waals surface area contributed by atoms with Crippen LogP contribution in [0.15, 0.2) is 12.2 Å². The van der Waals surface area contributed by atoms with Gasteiger partial charge in [0.25, 0.3) is 0 Å². The zero-order chi connectivity index (χ0) is 15.1. The normalized spacial score (nSPS) is 14.8. The molecule has 7 nitrogen and oxygen atoms in total. The maximum atomic E-state index is 11.5. The number of rotatable bonds is 9. The van der Waals surface area contributed by atoms with Crippen LogP contribution in [0.1, 0.15) is 12.8 Å². The first kappa shape index (κ1) is 18.3. The number of hydrogen-bond acceptors (Lipinski definition) is 5. The number of aliphatic hydroxyl groups is 1. The Kier molecular flexibility index (Phi) is 7.47. The topological polar surface area (TPSA) is 93.1 Å². The van der Waals surface area contributed by atoms with Gasteiger partial charge in [-0.05, 0) is 12.8 Å². The van der Waals surface area contributed by atoms with Gasteiger partial charge in [-0.15, -0.1) is 0 Å². The van der Waals surface area contributed by atoms with E-state index in [0.717, 1.165) is 0 Å². The van der Waals surface area contributed by atoms with Crippen LogP contribution in [0.2, 0.25) is 0 Å². The van der Waals surface area contributed by atoms with E-state index in [0.29, 0.717) is 17.4 Å². The largest absolute Gasteiger partial charge is 0.530 e. The fourth-order valence-electron chi connectivity index (χ4n) is 1.02. The minimum atomic E-state index is -4.40. The van der Waals surface area contributed by atoms with Crippen molar-refractivity contribution in [2.75, 3.05) is 40.9 Å². The number of phosphoric ester groups is 1. The maximum Gasteiger partial charge on any atom is 0.530 e. The number of carbonyl (C=O) groups is 1. The van der Waals surface area contributed by atoms with Gasteiger partial charge in [0.15, 0.2) is 0 Å². The molecule has 0 bridgehead atoms. The highest BCUT2D eigenvalue weighted by molar-refractivity contribution is 7.48. The summed E-state index contributed by atoms with van der Waals surface area (Å²) in [5, 5.41) is 8.60. The summed E-state index contributed by atoms with van der Waals surface area (Å²) in [6.45, 7) is 3.81. The number of phosphoric acid groups is 1. The van der Waals surface area contributed by atoms with E-state index in [1.165, 1.54) is 0 Å². The molecule has 1 unspecified atom stereocenters. The van der Waals surface area contributed by atoms with Crippen LogP contribution in [0.3, 0.4) is 0 Å². The average molecular weight is 296 g/mol. The lowest BCUT2D eigenvalue weighted by Crippen LogP contribution is -2.37. The average Bonchev–Trinajstić information content (AvgIpc) is 2.22. The summed E-state index contributed by atoms with van der Waals surface area (Å²) in [5.74, 6) is -0.982. The third kappa shape index (κ3) is 9.81. The van der Waals surface area contributed by atoms with E-state index in [4.69, 9.17) is 9.63 Å². The van der Waals surface area contributed by atoms with Crippen LogP contribution in [-0.2, 0) is 18.4 Å². The van der Waals surface area contributed by atoms with Crippen molar-refractivity contribution >= 4 is 13.8 Å².